The molecule has 0 atom stereocenters. The first-order chi connectivity index (χ1) is 6.48. The van der Waals surface area contributed by atoms with Gasteiger partial charge in [0.15, 0.2) is 0 Å². The Kier molecular flexibility index (Phi) is 1.67. The summed E-state index contributed by atoms with van der Waals surface area (Å²) in [7, 11) is 0. The van der Waals surface area contributed by atoms with E-state index in [-0.39, 0.29) is 11.1 Å². The van der Waals surface area contributed by atoms with E-state index in [1.165, 1.54) is 0 Å². The normalized spacial score (nSPS) is 12.2. The molecule has 0 unspecified atom stereocenters. The van der Waals surface area contributed by atoms with E-state index in [1.807, 2.05) is 0 Å². The molecule has 2 rings (SSSR count). The van der Waals surface area contributed by atoms with Crippen molar-refractivity contribution < 1.29 is 17.6 Å². The van der Waals surface area contributed by atoms with Crippen LogP contribution < -0.4 is 5.56 Å². The largest absolute Gasteiger partial charge is 0.448 e. The van der Waals surface area contributed by atoms with E-state index in [0.717, 1.165) is 12.3 Å². The predicted molar refractivity (Wildman–Crippen MR) is 41.8 cm³/mol. The lowest BCUT2D eigenvalue weighted by Gasteiger charge is -2.05. The van der Waals surface area contributed by atoms with E-state index >= 15 is 0 Å². The first-order valence-corrected chi connectivity index (χ1v) is 3.66. The Morgan fingerprint density at radius 3 is 2.71 bits per heavy atom. The minimum atomic E-state index is -4.55. The summed E-state index contributed by atoms with van der Waals surface area (Å²) in [6, 6.07) is 1.67. The molecule has 0 aromatic carbocycles. The van der Waals surface area contributed by atoms with E-state index in [1.54, 1.807) is 0 Å². The molecule has 0 spiro atoms. The lowest BCUT2D eigenvalue weighted by Crippen LogP contribution is -2.12. The fourth-order valence-corrected chi connectivity index (χ4v) is 1.21. The molecule has 2 aromatic heterocycles. The molecule has 0 bridgehead atoms. The third kappa shape index (κ3) is 1.28. The van der Waals surface area contributed by atoms with Gasteiger partial charge in [-0.05, 0) is 6.07 Å². The monoisotopic (exact) mass is 203 g/mol. The van der Waals surface area contributed by atoms with Gasteiger partial charge >= 0.3 is 6.18 Å². The molecular formula is C8H4F3NO2. The SMILES string of the molecule is O=c1cc(C(F)(F)F)c2ccoc2[nH]1. The summed E-state index contributed by atoms with van der Waals surface area (Å²) in [6.45, 7) is 0. The van der Waals surface area contributed by atoms with E-state index in [9.17, 15) is 18.0 Å². The van der Waals surface area contributed by atoms with Crippen LogP contribution in [0.1, 0.15) is 5.56 Å². The first-order valence-electron chi connectivity index (χ1n) is 3.66. The van der Waals surface area contributed by atoms with Crippen molar-refractivity contribution >= 4 is 11.1 Å². The maximum Gasteiger partial charge on any atom is 0.417 e. The highest BCUT2D eigenvalue weighted by Crippen LogP contribution is 2.33. The summed E-state index contributed by atoms with van der Waals surface area (Å²) in [5.41, 5.74) is -1.98. The third-order valence-corrected chi connectivity index (χ3v) is 1.77. The average Bonchev–Trinajstić information content (AvgIpc) is 2.47. The molecular weight excluding hydrogens is 199 g/mol. The van der Waals surface area contributed by atoms with Crippen LogP contribution >= 0.6 is 0 Å². The summed E-state index contributed by atoms with van der Waals surface area (Å²) in [4.78, 5) is 13.0. The number of aromatic amines is 1. The van der Waals surface area contributed by atoms with Crippen molar-refractivity contribution in [3.63, 3.8) is 0 Å². The highest BCUT2D eigenvalue weighted by atomic mass is 19.4. The summed E-state index contributed by atoms with van der Waals surface area (Å²) in [6.07, 6.45) is -3.45. The van der Waals surface area contributed by atoms with Crippen LogP contribution in [0.25, 0.3) is 11.1 Å². The highest BCUT2D eigenvalue weighted by molar-refractivity contribution is 5.77. The Morgan fingerprint density at radius 2 is 2.07 bits per heavy atom. The Morgan fingerprint density at radius 1 is 1.36 bits per heavy atom. The van der Waals surface area contributed by atoms with E-state index in [4.69, 9.17) is 0 Å². The molecule has 0 radical (unpaired) electrons. The fourth-order valence-electron chi connectivity index (χ4n) is 1.21. The first kappa shape index (κ1) is 8.86. The second-order valence-electron chi connectivity index (χ2n) is 2.71. The molecule has 1 N–H and O–H groups in total. The number of hydrogen-bond acceptors (Lipinski definition) is 2. The average molecular weight is 203 g/mol. The number of halogens is 3. The van der Waals surface area contributed by atoms with E-state index in [0.29, 0.717) is 6.07 Å². The van der Waals surface area contributed by atoms with Crippen molar-refractivity contribution in [2.45, 2.75) is 6.18 Å². The number of nitrogens with one attached hydrogen (secondary N) is 1. The van der Waals surface area contributed by atoms with Gasteiger partial charge in [0.2, 0.25) is 5.71 Å². The number of rotatable bonds is 0. The molecule has 6 heteroatoms. The molecule has 74 valence electrons. The maximum atomic E-state index is 12.4. The number of alkyl halides is 3. The van der Waals surface area contributed by atoms with Crippen molar-refractivity contribution in [1.29, 1.82) is 0 Å². The number of fused-ring (bicyclic) bond motifs is 1. The lowest BCUT2D eigenvalue weighted by atomic mass is 10.2. The summed E-state index contributed by atoms with van der Waals surface area (Å²) in [5.74, 6) is 0. The topological polar surface area (TPSA) is 46.0 Å². The smallest absolute Gasteiger partial charge is 0.417 e. The van der Waals surface area contributed by atoms with Crippen LogP contribution in [0, 0.1) is 0 Å². The predicted octanol–water partition coefficient (Wildman–Crippen LogP) is 2.14. The Hall–Kier alpha value is -1.72. The number of pyridine rings is 1. The second kappa shape index (κ2) is 2.63. The summed E-state index contributed by atoms with van der Waals surface area (Å²) in [5, 5.41) is -0.142. The van der Waals surface area contributed by atoms with Crippen molar-refractivity contribution in [3.05, 3.63) is 34.3 Å². The van der Waals surface area contributed by atoms with Gasteiger partial charge in [0.05, 0.1) is 17.2 Å². The van der Waals surface area contributed by atoms with Gasteiger partial charge in [0.1, 0.15) is 0 Å². The third-order valence-electron chi connectivity index (χ3n) is 1.77. The number of H-pyrrole nitrogens is 1. The van der Waals surface area contributed by atoms with Crippen molar-refractivity contribution in [1.82, 2.24) is 4.98 Å². The molecule has 14 heavy (non-hydrogen) atoms. The quantitative estimate of drug-likeness (QED) is 0.712. The van der Waals surface area contributed by atoms with Crippen LogP contribution in [-0.4, -0.2) is 4.98 Å². The van der Waals surface area contributed by atoms with Crippen molar-refractivity contribution in [2.24, 2.45) is 0 Å². The minimum absolute atomic E-state index is 0.142. The number of aromatic nitrogens is 1. The zero-order chi connectivity index (χ0) is 10.3. The number of hydrogen-bond donors (Lipinski definition) is 1. The van der Waals surface area contributed by atoms with E-state index < -0.39 is 17.3 Å². The van der Waals surface area contributed by atoms with Gasteiger partial charge in [-0.15, -0.1) is 0 Å². The Bertz CT molecular complexity index is 523. The lowest BCUT2D eigenvalue weighted by molar-refractivity contribution is -0.136. The van der Waals surface area contributed by atoms with Gasteiger partial charge in [-0.25, -0.2) is 0 Å². The molecule has 3 nitrogen and oxygen atoms in total. The fraction of sp³-hybridized carbons (Fsp3) is 0.125. The molecule has 2 aromatic rings. The zero-order valence-corrected chi connectivity index (χ0v) is 6.68. The highest BCUT2D eigenvalue weighted by Gasteiger charge is 2.33. The van der Waals surface area contributed by atoms with Gasteiger partial charge in [0, 0.05) is 6.07 Å². The van der Waals surface area contributed by atoms with Gasteiger partial charge in [-0.1, -0.05) is 0 Å². The molecule has 0 amide bonds. The standard InChI is InChI=1S/C8H4F3NO2/c9-8(10,11)5-3-6(13)12-7-4(5)1-2-14-7/h1-3H,(H,12,13). The van der Waals surface area contributed by atoms with Gasteiger partial charge in [-0.2, -0.15) is 13.2 Å². The van der Waals surface area contributed by atoms with Gasteiger partial charge < -0.3 is 4.42 Å². The minimum Gasteiger partial charge on any atom is -0.448 e. The van der Waals surface area contributed by atoms with Crippen LogP contribution in [-0.2, 0) is 6.18 Å². The van der Waals surface area contributed by atoms with E-state index in [2.05, 4.69) is 9.40 Å². The Balaban J connectivity index is 2.87. The van der Waals surface area contributed by atoms with Crippen LogP contribution in [0.15, 0.2) is 27.6 Å². The van der Waals surface area contributed by atoms with Crippen molar-refractivity contribution in [2.75, 3.05) is 0 Å². The second-order valence-corrected chi connectivity index (χ2v) is 2.71. The van der Waals surface area contributed by atoms with Gasteiger partial charge in [-0.3, -0.25) is 9.78 Å². The van der Waals surface area contributed by atoms with Crippen molar-refractivity contribution in [3.8, 4) is 0 Å². The van der Waals surface area contributed by atoms with Crippen LogP contribution in [0.5, 0.6) is 0 Å². The van der Waals surface area contributed by atoms with Crippen LogP contribution in [0.2, 0.25) is 0 Å². The maximum absolute atomic E-state index is 12.4. The summed E-state index contributed by atoms with van der Waals surface area (Å²) < 4.78 is 41.8. The molecule has 0 aliphatic rings. The summed E-state index contributed by atoms with van der Waals surface area (Å²) >= 11 is 0. The molecule has 0 saturated heterocycles. The Labute approximate surface area is 75.2 Å². The van der Waals surface area contributed by atoms with Gasteiger partial charge in [0.25, 0.3) is 5.56 Å². The molecule has 0 aliphatic heterocycles. The van der Waals surface area contributed by atoms with Crippen LogP contribution in [0.3, 0.4) is 0 Å². The molecule has 0 aliphatic carbocycles. The molecule has 0 saturated carbocycles. The number of furan rings is 1. The van der Waals surface area contributed by atoms with Crippen LogP contribution in [0.4, 0.5) is 13.2 Å². The zero-order valence-electron chi connectivity index (χ0n) is 6.68. The molecule has 0 fully saturated rings. The molecule has 2 heterocycles.